The number of methoxy groups -OCH3 is 3. The highest BCUT2D eigenvalue weighted by atomic mass is 16.5. The number of carbonyl (C=O) groups is 1. The van der Waals surface area contributed by atoms with Gasteiger partial charge >= 0.3 is 5.97 Å². The Labute approximate surface area is 123 Å². The van der Waals surface area contributed by atoms with E-state index in [1.807, 2.05) is 0 Å². The number of aliphatic carboxylic acids is 1. The first-order valence-corrected chi connectivity index (χ1v) is 6.27. The number of benzene rings is 1. The summed E-state index contributed by atoms with van der Waals surface area (Å²) in [5.41, 5.74) is -1.19. The molecule has 1 aromatic carbocycles. The normalized spacial score (nSPS) is 13.2. The molecule has 2 N–H and O–H groups in total. The molecule has 1 unspecified atom stereocenters. The Hall–Kier alpha value is -2.15. The maximum atomic E-state index is 11.2. The Morgan fingerprint density at radius 2 is 1.71 bits per heavy atom. The Balaban J connectivity index is 3.02. The van der Waals surface area contributed by atoms with E-state index < -0.39 is 11.5 Å². The van der Waals surface area contributed by atoms with Crippen molar-refractivity contribution in [2.75, 3.05) is 35.0 Å². The van der Waals surface area contributed by atoms with Gasteiger partial charge in [0.05, 0.1) is 21.3 Å². The smallest absolute Gasteiger partial charge is 0.327 e. The Morgan fingerprint density at radius 1 is 1.19 bits per heavy atom. The van der Waals surface area contributed by atoms with E-state index in [0.29, 0.717) is 23.0 Å². The van der Waals surface area contributed by atoms with Crippen molar-refractivity contribution in [2.45, 2.75) is 12.5 Å². The zero-order valence-corrected chi connectivity index (χ0v) is 12.9. The van der Waals surface area contributed by atoms with E-state index in [-0.39, 0.29) is 6.61 Å². The first-order valence-electron chi connectivity index (χ1n) is 6.27. The van der Waals surface area contributed by atoms with Gasteiger partial charge in [0, 0.05) is 12.1 Å². The van der Waals surface area contributed by atoms with E-state index in [9.17, 15) is 9.90 Å². The van der Waals surface area contributed by atoms with Gasteiger partial charge in [0.25, 0.3) is 0 Å². The molecule has 0 saturated heterocycles. The van der Waals surface area contributed by atoms with Crippen LogP contribution in [0.1, 0.15) is 6.92 Å². The van der Waals surface area contributed by atoms with Crippen LogP contribution in [-0.4, -0.2) is 51.6 Å². The fourth-order valence-corrected chi connectivity index (χ4v) is 1.61. The van der Waals surface area contributed by atoms with E-state index in [1.165, 1.54) is 28.3 Å². The number of hydrogen-bond acceptors (Lipinski definition) is 6. The van der Waals surface area contributed by atoms with Crippen LogP contribution in [0, 0.1) is 0 Å². The predicted octanol–water partition coefficient (Wildman–Crippen LogP) is 1.15. The molecule has 0 heterocycles. The molecule has 1 rings (SSSR count). The lowest BCUT2D eigenvalue weighted by molar-refractivity contribution is -0.145. The molecule has 1 atom stereocenters. The first kappa shape index (κ1) is 16.9. The minimum Gasteiger partial charge on any atom is -0.493 e. The SMILES string of the molecule is CNC(C)(COc1cc(OC)c(OC)c(OC)c1)C(=O)O. The van der Waals surface area contributed by atoms with E-state index in [2.05, 4.69) is 5.32 Å². The van der Waals surface area contributed by atoms with E-state index in [0.717, 1.165) is 0 Å². The first-order chi connectivity index (χ1) is 9.91. The summed E-state index contributed by atoms with van der Waals surface area (Å²) in [5.74, 6) is 0.744. The fourth-order valence-electron chi connectivity index (χ4n) is 1.61. The Bertz CT molecular complexity index is 479. The number of ether oxygens (including phenoxy) is 4. The zero-order valence-electron chi connectivity index (χ0n) is 12.9. The van der Waals surface area contributed by atoms with Gasteiger partial charge in [-0.2, -0.15) is 0 Å². The number of hydrogen-bond donors (Lipinski definition) is 2. The zero-order chi connectivity index (χ0) is 16.0. The molecular formula is C14H21NO6. The molecule has 0 bridgehead atoms. The standard InChI is InChI=1S/C14H21NO6/c1-14(15-2,13(16)17)8-21-9-6-10(18-3)12(20-5)11(7-9)19-4/h6-7,15H,8H2,1-5H3,(H,16,17). The van der Waals surface area contributed by atoms with Crippen LogP contribution in [0.5, 0.6) is 23.0 Å². The van der Waals surface area contributed by atoms with Gasteiger partial charge in [-0.25, -0.2) is 0 Å². The molecule has 0 radical (unpaired) electrons. The quantitative estimate of drug-likeness (QED) is 0.744. The monoisotopic (exact) mass is 299 g/mol. The number of nitrogens with one attached hydrogen (secondary N) is 1. The molecule has 0 spiro atoms. The van der Waals surface area contributed by atoms with E-state index in [4.69, 9.17) is 18.9 Å². The molecule has 0 amide bonds. The van der Waals surface area contributed by atoms with Gasteiger partial charge in [-0.1, -0.05) is 0 Å². The molecule has 1 aromatic rings. The maximum Gasteiger partial charge on any atom is 0.327 e. The van der Waals surface area contributed by atoms with Crippen molar-refractivity contribution in [1.29, 1.82) is 0 Å². The number of carboxylic acids is 1. The number of carboxylic acid groups (broad SMARTS) is 1. The van der Waals surface area contributed by atoms with Crippen molar-refractivity contribution in [3.05, 3.63) is 12.1 Å². The van der Waals surface area contributed by atoms with E-state index in [1.54, 1.807) is 19.2 Å². The highest BCUT2D eigenvalue weighted by Gasteiger charge is 2.32. The van der Waals surface area contributed by atoms with Gasteiger partial charge in [-0.3, -0.25) is 4.79 Å². The van der Waals surface area contributed by atoms with Crippen LogP contribution < -0.4 is 24.3 Å². The average molecular weight is 299 g/mol. The van der Waals surface area contributed by atoms with Crippen LogP contribution in [0.25, 0.3) is 0 Å². The van der Waals surface area contributed by atoms with Gasteiger partial charge in [0.15, 0.2) is 11.5 Å². The van der Waals surface area contributed by atoms with Crippen molar-refractivity contribution in [3.63, 3.8) is 0 Å². The number of likely N-dealkylation sites (N-methyl/N-ethyl adjacent to an activating group) is 1. The topological polar surface area (TPSA) is 86.3 Å². The minimum atomic E-state index is -1.19. The van der Waals surface area contributed by atoms with Gasteiger partial charge in [-0.05, 0) is 14.0 Å². The molecule has 7 nitrogen and oxygen atoms in total. The lowest BCUT2D eigenvalue weighted by atomic mass is 10.1. The molecule has 21 heavy (non-hydrogen) atoms. The van der Waals surface area contributed by atoms with Crippen molar-refractivity contribution in [2.24, 2.45) is 0 Å². The summed E-state index contributed by atoms with van der Waals surface area (Å²) in [4.78, 5) is 11.2. The van der Waals surface area contributed by atoms with Crippen molar-refractivity contribution >= 4 is 5.97 Å². The maximum absolute atomic E-state index is 11.2. The molecule has 0 aromatic heterocycles. The lowest BCUT2D eigenvalue weighted by Gasteiger charge is -2.24. The van der Waals surface area contributed by atoms with Gasteiger partial charge in [-0.15, -0.1) is 0 Å². The molecule has 0 aliphatic rings. The molecule has 0 fully saturated rings. The molecule has 0 aliphatic carbocycles. The van der Waals surface area contributed by atoms with Crippen LogP contribution in [0.4, 0.5) is 0 Å². The van der Waals surface area contributed by atoms with Crippen molar-refractivity contribution in [1.82, 2.24) is 5.32 Å². The second-order valence-electron chi connectivity index (χ2n) is 4.54. The second kappa shape index (κ2) is 7.03. The van der Waals surface area contributed by atoms with Gasteiger partial charge in [0.2, 0.25) is 5.75 Å². The molecule has 118 valence electrons. The molecule has 7 heteroatoms. The van der Waals surface area contributed by atoms with Crippen LogP contribution in [0.2, 0.25) is 0 Å². The Morgan fingerprint density at radius 3 is 2.05 bits per heavy atom. The minimum absolute atomic E-state index is 0.0581. The van der Waals surface area contributed by atoms with Crippen molar-refractivity contribution in [3.8, 4) is 23.0 Å². The average Bonchev–Trinajstić information content (AvgIpc) is 2.50. The van der Waals surface area contributed by atoms with Crippen molar-refractivity contribution < 1.29 is 28.8 Å². The fraction of sp³-hybridized carbons (Fsp3) is 0.500. The van der Waals surface area contributed by atoms with Crippen LogP contribution in [0.15, 0.2) is 12.1 Å². The highest BCUT2D eigenvalue weighted by Crippen LogP contribution is 2.40. The summed E-state index contributed by atoms with van der Waals surface area (Å²) >= 11 is 0. The Kier molecular flexibility index (Phi) is 5.66. The summed E-state index contributed by atoms with van der Waals surface area (Å²) < 4.78 is 21.2. The molecular weight excluding hydrogens is 278 g/mol. The summed E-state index contributed by atoms with van der Waals surface area (Å²) in [5, 5.41) is 11.9. The molecule has 0 aliphatic heterocycles. The lowest BCUT2D eigenvalue weighted by Crippen LogP contribution is -2.52. The van der Waals surface area contributed by atoms with Gasteiger partial charge in [0.1, 0.15) is 17.9 Å². The number of rotatable bonds is 8. The summed E-state index contributed by atoms with van der Waals surface area (Å²) in [7, 11) is 6.06. The predicted molar refractivity (Wildman–Crippen MR) is 76.7 cm³/mol. The highest BCUT2D eigenvalue weighted by molar-refractivity contribution is 5.78. The second-order valence-corrected chi connectivity index (χ2v) is 4.54. The third-order valence-electron chi connectivity index (χ3n) is 3.19. The molecule has 0 saturated carbocycles. The largest absolute Gasteiger partial charge is 0.493 e. The summed E-state index contributed by atoms with van der Waals surface area (Å²) in [6, 6.07) is 3.22. The summed E-state index contributed by atoms with van der Waals surface area (Å²) in [6.07, 6.45) is 0. The van der Waals surface area contributed by atoms with Crippen LogP contribution >= 0.6 is 0 Å². The third-order valence-corrected chi connectivity index (χ3v) is 3.19. The van der Waals surface area contributed by atoms with Crippen LogP contribution in [0.3, 0.4) is 0 Å². The van der Waals surface area contributed by atoms with Crippen LogP contribution in [-0.2, 0) is 4.79 Å². The van der Waals surface area contributed by atoms with E-state index >= 15 is 0 Å². The van der Waals surface area contributed by atoms with Gasteiger partial charge < -0.3 is 29.4 Å². The third kappa shape index (κ3) is 3.69. The summed E-state index contributed by atoms with van der Waals surface area (Å²) in [6.45, 7) is 1.48.